The van der Waals surface area contributed by atoms with E-state index >= 15 is 0 Å². The maximum absolute atomic E-state index is 11.8. The van der Waals surface area contributed by atoms with Crippen molar-refractivity contribution in [1.29, 1.82) is 0 Å². The number of hydrogen-bond donors (Lipinski definition) is 1. The summed E-state index contributed by atoms with van der Waals surface area (Å²) in [6.07, 6.45) is 2.36. The number of pyridine rings is 1. The lowest BCUT2D eigenvalue weighted by Gasteiger charge is -2.09. The van der Waals surface area contributed by atoms with Gasteiger partial charge in [0.25, 0.3) is 5.56 Å². The van der Waals surface area contributed by atoms with Crippen molar-refractivity contribution >= 4 is 17.2 Å². The van der Waals surface area contributed by atoms with Gasteiger partial charge in [0.1, 0.15) is 12.4 Å². The summed E-state index contributed by atoms with van der Waals surface area (Å²) in [5.74, 6) is 0.766. The number of rotatable bonds is 6. The molecule has 0 radical (unpaired) electrons. The van der Waals surface area contributed by atoms with Gasteiger partial charge in [-0.3, -0.25) is 4.79 Å². The van der Waals surface area contributed by atoms with Gasteiger partial charge in [-0.1, -0.05) is 30.4 Å². The largest absolute Gasteiger partial charge is 0.492 e. The van der Waals surface area contributed by atoms with Gasteiger partial charge in [-0.2, -0.15) is 0 Å². The fourth-order valence-corrected chi connectivity index (χ4v) is 2.17. The molecule has 0 spiro atoms. The second-order valence-corrected chi connectivity index (χ2v) is 5.35. The van der Waals surface area contributed by atoms with Gasteiger partial charge in [0, 0.05) is 18.2 Å². The van der Waals surface area contributed by atoms with E-state index in [1.807, 2.05) is 30.3 Å². The maximum atomic E-state index is 11.8. The molecule has 2 N–H and O–H groups in total. The van der Waals surface area contributed by atoms with Crippen LogP contribution in [0, 0.1) is 6.92 Å². The normalized spacial score (nSPS) is 10.3. The smallest absolute Gasteiger partial charge is 0.253 e. The third-order valence-electron chi connectivity index (χ3n) is 3.11. The Kier molecular flexibility index (Phi) is 5.11. The average Bonchev–Trinajstić information content (AvgIpc) is 2.45. The van der Waals surface area contributed by atoms with Crippen LogP contribution in [0.5, 0.6) is 5.75 Å². The zero-order valence-corrected chi connectivity index (χ0v) is 12.7. The quantitative estimate of drug-likeness (QED) is 0.830. The van der Waals surface area contributed by atoms with Gasteiger partial charge in [-0.25, -0.2) is 0 Å². The SMILES string of the molecule is Cc1cccn(CCOc2ccc(CC(N)=S)cc2)c1=O. The van der Waals surface area contributed by atoms with Crippen molar-refractivity contribution in [3.05, 3.63) is 64.1 Å². The summed E-state index contributed by atoms with van der Waals surface area (Å²) in [7, 11) is 0. The number of aromatic nitrogens is 1. The monoisotopic (exact) mass is 302 g/mol. The van der Waals surface area contributed by atoms with Crippen LogP contribution in [-0.2, 0) is 13.0 Å². The van der Waals surface area contributed by atoms with Crippen molar-refractivity contribution < 1.29 is 4.74 Å². The van der Waals surface area contributed by atoms with Crippen molar-refractivity contribution in [2.45, 2.75) is 19.9 Å². The molecule has 0 amide bonds. The average molecular weight is 302 g/mol. The van der Waals surface area contributed by atoms with Crippen LogP contribution in [-0.4, -0.2) is 16.2 Å². The van der Waals surface area contributed by atoms with Crippen LogP contribution in [0.3, 0.4) is 0 Å². The van der Waals surface area contributed by atoms with Crippen molar-refractivity contribution in [1.82, 2.24) is 4.57 Å². The van der Waals surface area contributed by atoms with E-state index in [1.165, 1.54) is 0 Å². The minimum atomic E-state index is 0.0212. The molecule has 0 aliphatic rings. The van der Waals surface area contributed by atoms with Gasteiger partial charge in [0.05, 0.1) is 11.5 Å². The Morgan fingerprint density at radius 1 is 1.29 bits per heavy atom. The van der Waals surface area contributed by atoms with E-state index < -0.39 is 0 Å². The number of hydrogen-bond acceptors (Lipinski definition) is 3. The number of thiocarbonyl (C=S) groups is 1. The van der Waals surface area contributed by atoms with E-state index in [0.717, 1.165) is 16.9 Å². The van der Waals surface area contributed by atoms with Gasteiger partial charge >= 0.3 is 0 Å². The molecule has 110 valence electrons. The second kappa shape index (κ2) is 7.04. The molecule has 0 saturated heterocycles. The van der Waals surface area contributed by atoms with Crippen LogP contribution in [0.4, 0.5) is 0 Å². The molecule has 0 bridgehead atoms. The van der Waals surface area contributed by atoms with Crippen LogP contribution < -0.4 is 16.0 Å². The minimum Gasteiger partial charge on any atom is -0.492 e. The summed E-state index contributed by atoms with van der Waals surface area (Å²) in [4.78, 5) is 12.3. The summed E-state index contributed by atoms with van der Waals surface area (Å²) in [6.45, 7) is 2.77. The molecule has 0 saturated carbocycles. The first-order valence-electron chi connectivity index (χ1n) is 6.72. The van der Waals surface area contributed by atoms with E-state index in [1.54, 1.807) is 23.8 Å². The fourth-order valence-electron chi connectivity index (χ4n) is 2.00. The van der Waals surface area contributed by atoms with E-state index in [4.69, 9.17) is 22.7 Å². The van der Waals surface area contributed by atoms with Gasteiger partial charge < -0.3 is 15.0 Å². The molecule has 2 rings (SSSR count). The first-order valence-corrected chi connectivity index (χ1v) is 7.13. The number of aryl methyl sites for hydroxylation is 1. The Morgan fingerprint density at radius 3 is 2.67 bits per heavy atom. The molecule has 4 nitrogen and oxygen atoms in total. The third kappa shape index (κ3) is 4.43. The van der Waals surface area contributed by atoms with E-state index in [2.05, 4.69) is 0 Å². The van der Waals surface area contributed by atoms with Crippen molar-refractivity contribution in [2.75, 3.05) is 6.61 Å². The lowest BCUT2D eigenvalue weighted by Crippen LogP contribution is -2.23. The molecule has 21 heavy (non-hydrogen) atoms. The first-order chi connectivity index (χ1) is 10.1. The van der Waals surface area contributed by atoms with Crippen molar-refractivity contribution in [3.8, 4) is 5.75 Å². The molecule has 1 heterocycles. The number of nitrogens with two attached hydrogens (primary N) is 1. The molecule has 0 aliphatic heterocycles. The Bertz CT molecular complexity index is 677. The molecule has 0 fully saturated rings. The predicted molar refractivity (Wildman–Crippen MR) is 87.9 cm³/mol. The van der Waals surface area contributed by atoms with E-state index in [0.29, 0.717) is 24.6 Å². The zero-order chi connectivity index (χ0) is 15.2. The summed E-state index contributed by atoms with van der Waals surface area (Å²) >= 11 is 4.87. The highest BCUT2D eigenvalue weighted by molar-refractivity contribution is 7.80. The Balaban J connectivity index is 1.90. The fraction of sp³-hybridized carbons (Fsp3) is 0.250. The molecule has 0 aliphatic carbocycles. The highest BCUT2D eigenvalue weighted by Crippen LogP contribution is 2.12. The Labute approximate surface area is 129 Å². The zero-order valence-electron chi connectivity index (χ0n) is 11.9. The number of ether oxygens (including phenoxy) is 1. The Morgan fingerprint density at radius 2 is 2.00 bits per heavy atom. The van der Waals surface area contributed by atoms with Gasteiger partial charge in [-0.05, 0) is 30.7 Å². The lowest BCUT2D eigenvalue weighted by molar-refractivity contribution is 0.296. The highest BCUT2D eigenvalue weighted by atomic mass is 32.1. The van der Waals surface area contributed by atoms with Gasteiger partial charge in [-0.15, -0.1) is 0 Å². The molecule has 1 aromatic heterocycles. The van der Waals surface area contributed by atoms with Crippen LogP contribution in [0.1, 0.15) is 11.1 Å². The molecule has 0 unspecified atom stereocenters. The lowest BCUT2D eigenvalue weighted by atomic mass is 10.1. The standard InChI is InChI=1S/C16H18N2O2S/c1-12-3-2-8-18(16(12)19)9-10-20-14-6-4-13(5-7-14)11-15(17)21/h2-8H,9-11H2,1H3,(H2,17,21). The molecule has 2 aromatic rings. The Hall–Kier alpha value is -2.14. The molecular formula is C16H18N2O2S. The summed E-state index contributed by atoms with van der Waals surface area (Å²) < 4.78 is 7.29. The van der Waals surface area contributed by atoms with Crippen LogP contribution in [0.25, 0.3) is 0 Å². The van der Waals surface area contributed by atoms with Crippen LogP contribution in [0.2, 0.25) is 0 Å². The topological polar surface area (TPSA) is 57.2 Å². The predicted octanol–water partition coefficient (Wildman–Crippen LogP) is 2.06. The minimum absolute atomic E-state index is 0.0212. The van der Waals surface area contributed by atoms with Crippen LogP contribution >= 0.6 is 12.2 Å². The molecule has 0 atom stereocenters. The highest BCUT2D eigenvalue weighted by Gasteiger charge is 2.00. The molecule has 1 aromatic carbocycles. The molecule has 5 heteroatoms. The van der Waals surface area contributed by atoms with Crippen molar-refractivity contribution in [2.24, 2.45) is 5.73 Å². The van der Waals surface area contributed by atoms with E-state index in [-0.39, 0.29) is 5.56 Å². The molecular weight excluding hydrogens is 284 g/mol. The van der Waals surface area contributed by atoms with E-state index in [9.17, 15) is 4.79 Å². The third-order valence-corrected chi connectivity index (χ3v) is 3.26. The van der Waals surface area contributed by atoms with Gasteiger partial charge in [0.15, 0.2) is 0 Å². The van der Waals surface area contributed by atoms with Crippen molar-refractivity contribution in [3.63, 3.8) is 0 Å². The summed E-state index contributed by atoms with van der Waals surface area (Å²) in [6, 6.07) is 11.3. The first kappa shape index (κ1) is 15.3. The van der Waals surface area contributed by atoms with Crippen LogP contribution in [0.15, 0.2) is 47.4 Å². The summed E-state index contributed by atoms with van der Waals surface area (Å²) in [5, 5.41) is 0. The number of nitrogens with zero attached hydrogens (tertiary/aromatic N) is 1. The second-order valence-electron chi connectivity index (χ2n) is 4.83. The van der Waals surface area contributed by atoms with Gasteiger partial charge in [0.2, 0.25) is 0 Å². The summed E-state index contributed by atoms with van der Waals surface area (Å²) in [5.41, 5.74) is 7.32. The maximum Gasteiger partial charge on any atom is 0.253 e. The number of benzene rings is 1.